The molecule has 25 atom stereocenters. The van der Waals surface area contributed by atoms with Gasteiger partial charge in [0.1, 0.15) is 122 Å². The second kappa shape index (κ2) is 19.6. The molecular weight excluding hydrogens is 776 g/mol. The van der Waals surface area contributed by atoms with E-state index in [1.54, 1.807) is 0 Å². The lowest BCUT2D eigenvalue weighted by Gasteiger charge is -2.48. The van der Waals surface area contributed by atoms with Gasteiger partial charge in [0.15, 0.2) is 31.5 Å². The third kappa shape index (κ3) is 9.31. The van der Waals surface area contributed by atoms with Crippen molar-refractivity contribution in [2.75, 3.05) is 33.0 Å². The Morgan fingerprint density at radius 2 is 0.625 bits per heavy atom. The Morgan fingerprint density at radius 1 is 0.304 bits per heavy atom. The molecule has 5 aliphatic rings. The number of aliphatic hydroxyl groups excluding tert-OH is 17. The van der Waals surface area contributed by atoms with E-state index < -0.39 is 187 Å². The van der Waals surface area contributed by atoms with Gasteiger partial charge in [-0.3, -0.25) is 0 Å². The van der Waals surface area contributed by atoms with Crippen LogP contribution in [0.25, 0.3) is 0 Å². The summed E-state index contributed by atoms with van der Waals surface area (Å²) in [6.07, 6.45) is -45.1. The van der Waals surface area contributed by atoms with Gasteiger partial charge in [-0.1, -0.05) is 0 Å². The van der Waals surface area contributed by atoms with Gasteiger partial charge in [-0.05, 0) is 0 Å². The minimum absolute atomic E-state index is 0.766. The van der Waals surface area contributed by atoms with Gasteiger partial charge in [0.2, 0.25) is 0 Å². The summed E-state index contributed by atoms with van der Waals surface area (Å²) in [4.78, 5) is 0. The summed E-state index contributed by atoms with van der Waals surface area (Å²) in [6.45, 7) is -4.18. The normalized spacial score (nSPS) is 53.2. The molecule has 0 aliphatic carbocycles. The molecule has 328 valence electrons. The summed E-state index contributed by atoms with van der Waals surface area (Å²) >= 11 is 0. The van der Waals surface area contributed by atoms with Gasteiger partial charge in [-0.15, -0.1) is 0 Å². The Labute approximate surface area is 316 Å². The highest BCUT2D eigenvalue weighted by molar-refractivity contribution is 4.97. The van der Waals surface area contributed by atoms with Crippen LogP contribution in [-0.2, 0) is 42.6 Å². The summed E-state index contributed by atoms with van der Waals surface area (Å²) < 4.78 is 48.6. The number of hydrogen-bond donors (Lipinski definition) is 17. The van der Waals surface area contributed by atoms with Crippen molar-refractivity contribution in [2.24, 2.45) is 0 Å². The van der Waals surface area contributed by atoms with Crippen LogP contribution in [0.15, 0.2) is 0 Å². The van der Waals surface area contributed by atoms with E-state index in [1.807, 2.05) is 0 Å². The molecule has 26 heteroatoms. The van der Waals surface area contributed by atoms with E-state index in [0.29, 0.717) is 0 Å². The lowest BCUT2D eigenvalue weighted by atomic mass is 9.96. The van der Waals surface area contributed by atoms with Crippen LogP contribution in [0.2, 0.25) is 0 Å². The molecule has 5 rings (SSSR count). The van der Waals surface area contributed by atoms with Crippen molar-refractivity contribution in [3.8, 4) is 0 Å². The lowest BCUT2D eigenvalue weighted by molar-refractivity contribution is -0.384. The minimum Gasteiger partial charge on any atom is -0.394 e. The molecule has 56 heavy (non-hydrogen) atoms. The van der Waals surface area contributed by atoms with E-state index in [4.69, 9.17) is 42.6 Å². The van der Waals surface area contributed by atoms with Gasteiger partial charge >= 0.3 is 0 Å². The van der Waals surface area contributed by atoms with Crippen LogP contribution in [-0.4, -0.2) is 273 Å². The molecule has 17 N–H and O–H groups in total. The minimum atomic E-state index is -2.12. The molecule has 0 amide bonds. The first-order valence-electron chi connectivity index (χ1n) is 17.6. The molecule has 5 heterocycles. The molecule has 5 saturated heterocycles. The predicted octanol–water partition coefficient (Wildman–Crippen LogP) is -11.9. The second-order valence-corrected chi connectivity index (χ2v) is 14.0. The van der Waals surface area contributed by atoms with Crippen molar-refractivity contribution in [1.29, 1.82) is 0 Å². The molecule has 0 bridgehead atoms. The molecule has 0 radical (unpaired) electrons. The number of aliphatic hydroxyl groups is 17. The fourth-order valence-electron chi connectivity index (χ4n) is 6.91. The summed E-state index contributed by atoms with van der Waals surface area (Å²) in [6, 6.07) is 0. The Hall–Kier alpha value is -1.04. The monoisotopic (exact) mass is 828 g/mol. The van der Waals surface area contributed by atoms with Crippen LogP contribution in [0.5, 0.6) is 0 Å². The molecule has 5 fully saturated rings. The van der Waals surface area contributed by atoms with E-state index in [2.05, 4.69) is 0 Å². The van der Waals surface area contributed by atoms with Crippen LogP contribution in [0.4, 0.5) is 0 Å². The Bertz CT molecular complexity index is 1200. The molecular formula is C30H52O26. The van der Waals surface area contributed by atoms with Crippen LogP contribution >= 0.6 is 0 Å². The first-order valence-corrected chi connectivity index (χ1v) is 17.6. The topological polar surface area (TPSA) is 427 Å². The van der Waals surface area contributed by atoms with Crippen LogP contribution in [0.3, 0.4) is 0 Å². The van der Waals surface area contributed by atoms with Gasteiger partial charge in [0.25, 0.3) is 0 Å². The third-order valence-electron chi connectivity index (χ3n) is 10.3. The van der Waals surface area contributed by atoms with Gasteiger partial charge in [0, 0.05) is 0 Å². The van der Waals surface area contributed by atoms with Gasteiger partial charge in [-0.2, -0.15) is 0 Å². The van der Waals surface area contributed by atoms with E-state index in [1.165, 1.54) is 0 Å². The molecule has 26 nitrogen and oxygen atoms in total. The van der Waals surface area contributed by atoms with Crippen molar-refractivity contribution >= 4 is 0 Å². The maximum absolute atomic E-state index is 10.9. The average Bonchev–Trinajstić information content (AvgIpc) is 3.19. The number of hydrogen-bond acceptors (Lipinski definition) is 26. The maximum Gasteiger partial charge on any atom is 0.187 e. The van der Waals surface area contributed by atoms with E-state index in [9.17, 15) is 86.8 Å². The van der Waals surface area contributed by atoms with Gasteiger partial charge in [0.05, 0.1) is 33.0 Å². The predicted molar refractivity (Wildman–Crippen MR) is 167 cm³/mol. The van der Waals surface area contributed by atoms with Crippen molar-refractivity contribution in [3.63, 3.8) is 0 Å². The van der Waals surface area contributed by atoms with Gasteiger partial charge in [-0.25, -0.2) is 0 Å². The Kier molecular flexibility index (Phi) is 16.1. The van der Waals surface area contributed by atoms with Crippen molar-refractivity contribution in [2.45, 2.75) is 154 Å². The summed E-state index contributed by atoms with van der Waals surface area (Å²) in [5.74, 6) is 0. The highest BCUT2D eigenvalue weighted by Crippen LogP contribution is 2.34. The highest BCUT2D eigenvalue weighted by atomic mass is 16.8. The second-order valence-electron chi connectivity index (χ2n) is 14.0. The first kappa shape index (κ1) is 46.0. The van der Waals surface area contributed by atoms with Crippen molar-refractivity contribution in [1.82, 2.24) is 0 Å². The fraction of sp³-hybridized carbons (Fsp3) is 1.00. The summed E-state index contributed by atoms with van der Waals surface area (Å²) in [5, 5.41) is 175. The zero-order chi connectivity index (χ0) is 41.3. The van der Waals surface area contributed by atoms with E-state index in [0.717, 1.165) is 0 Å². The van der Waals surface area contributed by atoms with Crippen LogP contribution in [0.1, 0.15) is 0 Å². The zero-order valence-electron chi connectivity index (χ0n) is 29.2. The molecule has 1 unspecified atom stereocenters. The quantitative estimate of drug-likeness (QED) is 0.0819. The maximum atomic E-state index is 10.9. The van der Waals surface area contributed by atoms with E-state index in [-0.39, 0.29) is 0 Å². The van der Waals surface area contributed by atoms with Crippen molar-refractivity contribution < 1.29 is 129 Å². The zero-order valence-corrected chi connectivity index (χ0v) is 29.2. The third-order valence-corrected chi connectivity index (χ3v) is 10.3. The molecule has 0 saturated carbocycles. The van der Waals surface area contributed by atoms with Crippen molar-refractivity contribution in [3.05, 3.63) is 0 Å². The summed E-state index contributed by atoms with van der Waals surface area (Å²) in [5.41, 5.74) is 0. The smallest absolute Gasteiger partial charge is 0.187 e. The largest absolute Gasteiger partial charge is 0.394 e. The molecule has 0 spiro atoms. The first-order chi connectivity index (χ1) is 26.5. The van der Waals surface area contributed by atoms with Crippen LogP contribution in [0, 0.1) is 0 Å². The lowest BCUT2D eigenvalue weighted by Crippen LogP contribution is -2.66. The average molecular weight is 829 g/mol. The van der Waals surface area contributed by atoms with Crippen LogP contribution < -0.4 is 0 Å². The molecule has 0 aromatic rings. The van der Waals surface area contributed by atoms with Gasteiger partial charge < -0.3 is 129 Å². The number of ether oxygens (including phenoxy) is 9. The van der Waals surface area contributed by atoms with E-state index >= 15 is 0 Å². The Balaban J connectivity index is 1.16. The molecule has 0 aromatic carbocycles. The molecule has 0 aromatic heterocycles. The number of rotatable bonds is 13. The standard InChI is InChI=1S/C30H52O26/c31-1-6-11(35)14(38)19(43)28(50-6)54-23-8(3-33)52-27(21(45)17(23)41)48-5-10-13(37)16(40)25(26(47)49-10)56-30-22(46)18(42)24(9(4-34)53-30)55-29-20(44)15(39)12(36)7(2-32)51-29/h6-47H,1-5H2/t6-,7-,8-,9-,10-,11+,12+,13-,14+,15+,16+,17-,18-,19-,20-,21-,22-,23-,24-,25+,26?,27-,28+,29+,30+/m1/s1. The molecule has 5 aliphatic heterocycles. The Morgan fingerprint density at radius 3 is 1.05 bits per heavy atom. The SMILES string of the molecule is OC[C@H]1O[C@@H](O[C@H]2[C@H](O)[C@@H](O)[C@H](OC[C@H]3OC(O)[C@@H](O[C@@H]4O[C@H](CO)[C@@H](O[C@@H]5O[C@H](CO)[C@H](O)[C@H](O)[C@H]5O)[C@H](O)[C@H]4O)[C@@H](O)[C@@H]3O)O[C@@H]2CO)[C@H](O)[C@@H](O)[C@H]1O. The summed E-state index contributed by atoms with van der Waals surface area (Å²) in [7, 11) is 0. The highest BCUT2D eigenvalue weighted by Gasteiger charge is 2.55. The fourth-order valence-corrected chi connectivity index (χ4v) is 6.91.